The van der Waals surface area contributed by atoms with E-state index in [0.29, 0.717) is 5.75 Å². The third-order valence-electron chi connectivity index (χ3n) is 5.35. The van der Waals surface area contributed by atoms with Crippen LogP contribution in [0.3, 0.4) is 0 Å². The first-order chi connectivity index (χ1) is 15.6. The number of anilines is 1. The molecule has 0 radical (unpaired) electrons. The van der Waals surface area contributed by atoms with Gasteiger partial charge in [-0.3, -0.25) is 19.7 Å². The second-order valence-corrected chi connectivity index (χ2v) is 8.65. The summed E-state index contributed by atoms with van der Waals surface area (Å²) in [4.78, 5) is 49.6. The van der Waals surface area contributed by atoms with Gasteiger partial charge in [-0.2, -0.15) is 0 Å². The van der Waals surface area contributed by atoms with Crippen molar-refractivity contribution in [3.63, 3.8) is 0 Å². The number of amides is 2. The highest BCUT2D eigenvalue weighted by atomic mass is 16.6. The van der Waals surface area contributed by atoms with E-state index in [-0.39, 0.29) is 33.5 Å². The second kappa shape index (κ2) is 7.98. The predicted octanol–water partition coefficient (Wildman–Crippen LogP) is 4.91. The highest BCUT2D eigenvalue weighted by Gasteiger charge is 2.38. The predicted molar refractivity (Wildman–Crippen MR) is 121 cm³/mol. The van der Waals surface area contributed by atoms with Crippen molar-refractivity contribution in [3.8, 4) is 5.75 Å². The standard InChI is InChI=1S/C25H20N2O6/c1-25(2,3)16-7-10-19(11-8-16)33-24(30)15-5-4-6-17(13-15)26-22(28)20-12-9-18(27(31)32)14-21(20)23(26)29/h4-14H,1-3H3. The Hall–Kier alpha value is -4.33. The Balaban J connectivity index is 1.58. The van der Waals surface area contributed by atoms with Gasteiger partial charge < -0.3 is 4.74 Å². The smallest absolute Gasteiger partial charge is 0.343 e. The van der Waals surface area contributed by atoms with Gasteiger partial charge in [-0.15, -0.1) is 0 Å². The highest BCUT2D eigenvalue weighted by molar-refractivity contribution is 6.34. The molecule has 0 N–H and O–H groups in total. The third kappa shape index (κ3) is 4.10. The molecular weight excluding hydrogens is 424 g/mol. The molecule has 1 aliphatic rings. The number of fused-ring (bicyclic) bond motifs is 1. The number of carbonyl (C=O) groups excluding carboxylic acids is 3. The fraction of sp³-hybridized carbons (Fsp3) is 0.160. The van der Waals surface area contributed by atoms with Gasteiger partial charge >= 0.3 is 5.97 Å². The van der Waals surface area contributed by atoms with Crippen LogP contribution in [-0.2, 0) is 5.41 Å². The number of carbonyl (C=O) groups is 3. The molecule has 8 heteroatoms. The molecule has 4 rings (SSSR count). The highest BCUT2D eigenvalue weighted by Crippen LogP contribution is 2.31. The summed E-state index contributed by atoms with van der Waals surface area (Å²) in [6, 6.07) is 16.6. The lowest BCUT2D eigenvalue weighted by Crippen LogP contribution is -2.29. The van der Waals surface area contributed by atoms with Crippen molar-refractivity contribution in [2.24, 2.45) is 0 Å². The third-order valence-corrected chi connectivity index (χ3v) is 5.35. The maximum atomic E-state index is 12.8. The Morgan fingerprint density at radius 2 is 1.58 bits per heavy atom. The van der Waals surface area contributed by atoms with Gasteiger partial charge in [0.1, 0.15) is 5.75 Å². The van der Waals surface area contributed by atoms with Crippen LogP contribution in [0.4, 0.5) is 11.4 Å². The Labute approximate surface area is 189 Å². The van der Waals surface area contributed by atoms with Crippen LogP contribution in [0.1, 0.15) is 57.4 Å². The molecule has 33 heavy (non-hydrogen) atoms. The van der Waals surface area contributed by atoms with Crippen molar-refractivity contribution in [3.05, 3.63) is 99.1 Å². The number of imide groups is 1. The number of rotatable bonds is 4. The van der Waals surface area contributed by atoms with Crippen molar-refractivity contribution < 1.29 is 24.0 Å². The van der Waals surface area contributed by atoms with Gasteiger partial charge in [-0.25, -0.2) is 9.69 Å². The maximum absolute atomic E-state index is 12.8. The summed E-state index contributed by atoms with van der Waals surface area (Å²) in [5.74, 6) is -1.59. The zero-order chi connectivity index (χ0) is 23.9. The van der Waals surface area contributed by atoms with Crippen molar-refractivity contribution in [1.29, 1.82) is 0 Å². The molecule has 0 fully saturated rings. The van der Waals surface area contributed by atoms with E-state index in [0.717, 1.165) is 16.5 Å². The molecule has 0 saturated heterocycles. The Morgan fingerprint density at radius 3 is 2.21 bits per heavy atom. The van der Waals surface area contributed by atoms with Gasteiger partial charge in [0.2, 0.25) is 0 Å². The van der Waals surface area contributed by atoms with Gasteiger partial charge in [-0.05, 0) is 47.4 Å². The Bertz CT molecular complexity index is 1310. The molecule has 3 aromatic rings. The molecule has 0 atom stereocenters. The van der Waals surface area contributed by atoms with Crippen molar-refractivity contribution >= 4 is 29.2 Å². The Morgan fingerprint density at radius 1 is 0.909 bits per heavy atom. The van der Waals surface area contributed by atoms with E-state index in [4.69, 9.17) is 4.74 Å². The minimum absolute atomic E-state index is 0.0380. The van der Waals surface area contributed by atoms with Gasteiger partial charge in [0.15, 0.2) is 0 Å². The van der Waals surface area contributed by atoms with Crippen LogP contribution in [0.15, 0.2) is 66.7 Å². The van der Waals surface area contributed by atoms with E-state index < -0.39 is 22.7 Å². The first kappa shape index (κ1) is 21.9. The summed E-state index contributed by atoms with van der Waals surface area (Å²) < 4.78 is 5.44. The van der Waals surface area contributed by atoms with E-state index in [1.54, 1.807) is 12.1 Å². The van der Waals surface area contributed by atoms with Crippen LogP contribution in [0.2, 0.25) is 0 Å². The molecule has 1 heterocycles. The SMILES string of the molecule is CC(C)(C)c1ccc(OC(=O)c2cccc(N3C(=O)c4ccc([N+](=O)[O-])cc4C3=O)c2)cc1. The summed E-state index contributed by atoms with van der Waals surface area (Å²) >= 11 is 0. The molecular formula is C25H20N2O6. The summed E-state index contributed by atoms with van der Waals surface area (Å²) in [5, 5.41) is 11.0. The van der Waals surface area contributed by atoms with E-state index in [2.05, 4.69) is 20.8 Å². The quantitative estimate of drug-likeness (QED) is 0.186. The molecule has 0 unspecified atom stereocenters. The maximum Gasteiger partial charge on any atom is 0.343 e. The molecule has 0 spiro atoms. The molecule has 166 valence electrons. The number of hydrogen-bond acceptors (Lipinski definition) is 6. The summed E-state index contributed by atoms with van der Waals surface area (Å²) in [5.41, 5.74) is 1.10. The first-order valence-corrected chi connectivity index (χ1v) is 10.2. The normalized spacial score (nSPS) is 13.1. The minimum atomic E-state index is -0.693. The lowest BCUT2D eigenvalue weighted by molar-refractivity contribution is -0.384. The van der Waals surface area contributed by atoms with Crippen LogP contribution in [-0.4, -0.2) is 22.7 Å². The molecule has 0 aliphatic carbocycles. The van der Waals surface area contributed by atoms with Crippen LogP contribution in [0.25, 0.3) is 0 Å². The average Bonchev–Trinajstić information content (AvgIpc) is 3.03. The zero-order valence-corrected chi connectivity index (χ0v) is 18.2. The molecule has 3 aromatic carbocycles. The largest absolute Gasteiger partial charge is 0.423 e. The van der Waals surface area contributed by atoms with E-state index in [9.17, 15) is 24.5 Å². The number of non-ortho nitro benzene ring substituents is 1. The summed E-state index contributed by atoms with van der Waals surface area (Å²) in [7, 11) is 0. The van der Waals surface area contributed by atoms with Crippen LogP contribution in [0.5, 0.6) is 5.75 Å². The molecule has 0 saturated carbocycles. The fourth-order valence-electron chi connectivity index (χ4n) is 3.54. The van der Waals surface area contributed by atoms with Gasteiger partial charge in [0, 0.05) is 12.1 Å². The molecule has 0 aromatic heterocycles. The number of ether oxygens (including phenoxy) is 1. The minimum Gasteiger partial charge on any atom is -0.423 e. The van der Waals surface area contributed by atoms with Crippen LogP contribution < -0.4 is 9.64 Å². The van der Waals surface area contributed by atoms with Gasteiger partial charge in [-0.1, -0.05) is 39.0 Å². The fourth-order valence-corrected chi connectivity index (χ4v) is 3.54. The summed E-state index contributed by atoms with van der Waals surface area (Å²) in [6.45, 7) is 6.24. The van der Waals surface area contributed by atoms with Gasteiger partial charge in [0.25, 0.3) is 17.5 Å². The number of nitrogens with zero attached hydrogens (tertiary/aromatic N) is 2. The number of nitro benzene ring substituents is 1. The monoisotopic (exact) mass is 444 g/mol. The van der Waals surface area contributed by atoms with Crippen LogP contribution >= 0.6 is 0 Å². The Kier molecular flexibility index (Phi) is 5.29. The summed E-state index contributed by atoms with van der Waals surface area (Å²) in [6.07, 6.45) is 0. The second-order valence-electron chi connectivity index (χ2n) is 8.65. The molecule has 2 amide bonds. The zero-order valence-electron chi connectivity index (χ0n) is 18.2. The topological polar surface area (TPSA) is 107 Å². The lowest BCUT2D eigenvalue weighted by Gasteiger charge is -2.19. The molecule has 8 nitrogen and oxygen atoms in total. The van der Waals surface area contributed by atoms with Crippen molar-refractivity contribution in [1.82, 2.24) is 0 Å². The van der Waals surface area contributed by atoms with Gasteiger partial charge in [0.05, 0.1) is 27.3 Å². The number of hydrogen-bond donors (Lipinski definition) is 0. The average molecular weight is 444 g/mol. The molecule has 1 aliphatic heterocycles. The lowest BCUT2D eigenvalue weighted by atomic mass is 9.87. The number of benzene rings is 3. The first-order valence-electron chi connectivity index (χ1n) is 10.2. The number of nitro groups is 1. The van der Waals surface area contributed by atoms with E-state index in [1.165, 1.54) is 36.4 Å². The number of esters is 1. The van der Waals surface area contributed by atoms with Crippen molar-refractivity contribution in [2.45, 2.75) is 26.2 Å². The molecule has 0 bridgehead atoms. The van der Waals surface area contributed by atoms with Crippen LogP contribution in [0, 0.1) is 10.1 Å². The van der Waals surface area contributed by atoms with E-state index in [1.807, 2.05) is 12.1 Å². The van der Waals surface area contributed by atoms with E-state index >= 15 is 0 Å². The van der Waals surface area contributed by atoms with Crippen molar-refractivity contribution in [2.75, 3.05) is 4.90 Å².